The Balaban J connectivity index is 2.37. The first-order valence-corrected chi connectivity index (χ1v) is 6.89. The summed E-state index contributed by atoms with van der Waals surface area (Å²) in [5, 5.41) is 9.11. The molecule has 0 saturated carbocycles. The molecule has 0 spiro atoms. The van der Waals surface area contributed by atoms with Gasteiger partial charge in [-0.3, -0.25) is 4.79 Å². The minimum Gasteiger partial charge on any atom is -0.481 e. The second kappa shape index (κ2) is 6.02. The number of carboxylic acid groups (broad SMARTS) is 1. The number of carbonyl (C=O) groups is 1. The average Bonchev–Trinajstić information content (AvgIpc) is 2.38. The molecule has 0 radical (unpaired) electrons. The van der Waals surface area contributed by atoms with E-state index in [0.29, 0.717) is 0 Å². The fourth-order valence-electron chi connectivity index (χ4n) is 2.10. The molecule has 0 aromatic heterocycles. The van der Waals surface area contributed by atoms with Gasteiger partial charge in [0.2, 0.25) is 0 Å². The minimum absolute atomic E-state index is 0.102. The quantitative estimate of drug-likeness (QED) is 0.909. The van der Waals surface area contributed by atoms with Crippen LogP contribution in [0, 0.1) is 6.92 Å². The van der Waals surface area contributed by atoms with Gasteiger partial charge in [0.25, 0.3) is 0 Å². The van der Waals surface area contributed by atoms with Crippen molar-refractivity contribution >= 4 is 21.9 Å². The molecule has 2 nitrogen and oxygen atoms in total. The number of benzene rings is 2. The van der Waals surface area contributed by atoms with E-state index in [1.807, 2.05) is 55.5 Å². The SMILES string of the molecule is Cc1ccc(C(CC(=O)O)c2ccc(Br)cc2)cc1. The van der Waals surface area contributed by atoms with Gasteiger partial charge < -0.3 is 5.11 Å². The van der Waals surface area contributed by atoms with Crippen molar-refractivity contribution in [1.82, 2.24) is 0 Å². The highest BCUT2D eigenvalue weighted by Gasteiger charge is 2.17. The summed E-state index contributed by atoms with van der Waals surface area (Å²) in [6.45, 7) is 2.02. The largest absolute Gasteiger partial charge is 0.481 e. The number of hydrogen-bond donors (Lipinski definition) is 1. The van der Waals surface area contributed by atoms with Crippen LogP contribution in [-0.4, -0.2) is 11.1 Å². The van der Waals surface area contributed by atoms with Gasteiger partial charge in [0.1, 0.15) is 0 Å². The highest BCUT2D eigenvalue weighted by atomic mass is 79.9. The van der Waals surface area contributed by atoms with E-state index in [4.69, 9.17) is 5.11 Å². The van der Waals surface area contributed by atoms with Crippen molar-refractivity contribution in [3.8, 4) is 0 Å². The van der Waals surface area contributed by atoms with Crippen molar-refractivity contribution in [3.05, 3.63) is 69.7 Å². The molecule has 0 aliphatic rings. The normalized spacial score (nSPS) is 12.1. The van der Waals surface area contributed by atoms with E-state index < -0.39 is 5.97 Å². The first kappa shape index (κ1) is 13.8. The summed E-state index contributed by atoms with van der Waals surface area (Å²) in [7, 11) is 0. The number of hydrogen-bond acceptors (Lipinski definition) is 1. The van der Waals surface area contributed by atoms with Crippen molar-refractivity contribution in [2.75, 3.05) is 0 Å². The lowest BCUT2D eigenvalue weighted by atomic mass is 9.88. The third kappa shape index (κ3) is 3.67. The van der Waals surface area contributed by atoms with Gasteiger partial charge in [-0.05, 0) is 30.2 Å². The summed E-state index contributed by atoms with van der Waals surface area (Å²) in [4.78, 5) is 11.1. The molecule has 1 atom stereocenters. The molecule has 1 unspecified atom stereocenters. The van der Waals surface area contributed by atoms with Gasteiger partial charge in [-0.15, -0.1) is 0 Å². The zero-order valence-electron chi connectivity index (χ0n) is 10.6. The number of aryl methyl sites for hydroxylation is 1. The van der Waals surface area contributed by atoms with Gasteiger partial charge >= 0.3 is 5.97 Å². The predicted molar refractivity (Wildman–Crippen MR) is 79.4 cm³/mol. The van der Waals surface area contributed by atoms with Gasteiger partial charge in [-0.25, -0.2) is 0 Å². The van der Waals surface area contributed by atoms with Crippen LogP contribution in [0.15, 0.2) is 53.0 Å². The molecule has 0 aliphatic heterocycles. The van der Waals surface area contributed by atoms with Crippen LogP contribution in [0.4, 0.5) is 0 Å². The molecule has 0 aliphatic carbocycles. The molecule has 0 heterocycles. The van der Waals surface area contributed by atoms with Crippen LogP contribution >= 0.6 is 15.9 Å². The second-order valence-corrected chi connectivity index (χ2v) is 5.53. The van der Waals surface area contributed by atoms with Crippen molar-refractivity contribution in [3.63, 3.8) is 0 Å². The maximum atomic E-state index is 11.1. The Morgan fingerprint density at radius 2 is 1.53 bits per heavy atom. The van der Waals surface area contributed by atoms with Crippen LogP contribution in [0.5, 0.6) is 0 Å². The van der Waals surface area contributed by atoms with Gasteiger partial charge in [0.15, 0.2) is 0 Å². The lowest BCUT2D eigenvalue weighted by molar-refractivity contribution is -0.137. The van der Waals surface area contributed by atoms with E-state index in [-0.39, 0.29) is 12.3 Å². The Bertz CT molecular complexity index is 513. The molecule has 0 saturated heterocycles. The van der Waals surface area contributed by atoms with Crippen LogP contribution in [0.25, 0.3) is 0 Å². The van der Waals surface area contributed by atoms with Gasteiger partial charge in [0, 0.05) is 10.4 Å². The topological polar surface area (TPSA) is 37.3 Å². The molecule has 0 bridgehead atoms. The Labute approximate surface area is 121 Å². The third-order valence-corrected chi connectivity index (χ3v) is 3.66. The maximum absolute atomic E-state index is 11.1. The lowest BCUT2D eigenvalue weighted by Gasteiger charge is -2.16. The molecule has 0 amide bonds. The van der Waals surface area contributed by atoms with Crippen LogP contribution in [-0.2, 0) is 4.79 Å². The molecule has 1 N–H and O–H groups in total. The monoisotopic (exact) mass is 318 g/mol. The van der Waals surface area contributed by atoms with Crippen molar-refractivity contribution < 1.29 is 9.90 Å². The van der Waals surface area contributed by atoms with E-state index in [2.05, 4.69) is 15.9 Å². The molecule has 2 aromatic carbocycles. The Morgan fingerprint density at radius 1 is 1.05 bits per heavy atom. The number of rotatable bonds is 4. The molecule has 0 fully saturated rings. The highest BCUT2D eigenvalue weighted by Crippen LogP contribution is 2.29. The molecule has 98 valence electrons. The van der Waals surface area contributed by atoms with Crippen LogP contribution in [0.2, 0.25) is 0 Å². The van der Waals surface area contributed by atoms with E-state index in [1.165, 1.54) is 5.56 Å². The number of halogens is 1. The highest BCUT2D eigenvalue weighted by molar-refractivity contribution is 9.10. The summed E-state index contributed by atoms with van der Waals surface area (Å²) >= 11 is 3.39. The number of aliphatic carboxylic acids is 1. The molecular formula is C16H15BrO2. The first-order valence-electron chi connectivity index (χ1n) is 6.10. The van der Waals surface area contributed by atoms with Gasteiger partial charge in [-0.1, -0.05) is 57.9 Å². The van der Waals surface area contributed by atoms with E-state index in [1.54, 1.807) is 0 Å². The average molecular weight is 319 g/mol. The molecule has 3 heteroatoms. The van der Waals surface area contributed by atoms with E-state index in [0.717, 1.165) is 15.6 Å². The van der Waals surface area contributed by atoms with Crippen LogP contribution < -0.4 is 0 Å². The van der Waals surface area contributed by atoms with Crippen molar-refractivity contribution in [1.29, 1.82) is 0 Å². The smallest absolute Gasteiger partial charge is 0.304 e. The summed E-state index contributed by atoms with van der Waals surface area (Å²) in [6, 6.07) is 15.9. The zero-order valence-corrected chi connectivity index (χ0v) is 12.2. The molecule has 2 aromatic rings. The predicted octanol–water partition coefficient (Wildman–Crippen LogP) is 4.36. The fraction of sp³-hybridized carbons (Fsp3) is 0.188. The Hall–Kier alpha value is -1.61. The maximum Gasteiger partial charge on any atom is 0.304 e. The van der Waals surface area contributed by atoms with E-state index >= 15 is 0 Å². The molecule has 2 rings (SSSR count). The van der Waals surface area contributed by atoms with Gasteiger partial charge in [-0.2, -0.15) is 0 Å². The fourth-order valence-corrected chi connectivity index (χ4v) is 2.36. The molecular weight excluding hydrogens is 304 g/mol. The minimum atomic E-state index is -0.784. The summed E-state index contributed by atoms with van der Waals surface area (Å²) in [6.07, 6.45) is 0.102. The second-order valence-electron chi connectivity index (χ2n) is 4.61. The van der Waals surface area contributed by atoms with Crippen molar-refractivity contribution in [2.24, 2.45) is 0 Å². The number of carboxylic acids is 1. The molecule has 19 heavy (non-hydrogen) atoms. The Morgan fingerprint density at radius 3 is 2.00 bits per heavy atom. The Kier molecular flexibility index (Phi) is 4.38. The summed E-state index contributed by atoms with van der Waals surface area (Å²) < 4.78 is 0.995. The zero-order chi connectivity index (χ0) is 13.8. The lowest BCUT2D eigenvalue weighted by Crippen LogP contribution is -2.08. The van der Waals surface area contributed by atoms with Crippen molar-refractivity contribution in [2.45, 2.75) is 19.3 Å². The van der Waals surface area contributed by atoms with Gasteiger partial charge in [0.05, 0.1) is 6.42 Å². The van der Waals surface area contributed by atoms with E-state index in [9.17, 15) is 4.79 Å². The first-order chi connectivity index (χ1) is 9.06. The third-order valence-electron chi connectivity index (χ3n) is 3.13. The standard InChI is InChI=1S/C16H15BrO2/c1-11-2-4-12(5-3-11)15(10-16(18)19)13-6-8-14(17)9-7-13/h2-9,15H,10H2,1H3,(H,18,19). The van der Waals surface area contributed by atoms with Crippen LogP contribution in [0.1, 0.15) is 29.0 Å². The summed E-state index contributed by atoms with van der Waals surface area (Å²) in [5.41, 5.74) is 3.23. The summed E-state index contributed by atoms with van der Waals surface area (Å²) in [5.74, 6) is -0.889. The van der Waals surface area contributed by atoms with Crippen LogP contribution in [0.3, 0.4) is 0 Å².